The van der Waals surface area contributed by atoms with Crippen LogP contribution in [0.2, 0.25) is 0 Å². The normalized spacial score (nSPS) is 12.6. The molecule has 0 amide bonds. The third-order valence-electron chi connectivity index (χ3n) is 2.35. The van der Waals surface area contributed by atoms with E-state index in [-0.39, 0.29) is 6.04 Å². The van der Waals surface area contributed by atoms with Crippen LogP contribution in [0.5, 0.6) is 0 Å². The van der Waals surface area contributed by atoms with Gasteiger partial charge in [-0.05, 0) is 32.4 Å². The number of benzene rings is 1. The molecule has 2 nitrogen and oxygen atoms in total. The van der Waals surface area contributed by atoms with Crippen LogP contribution >= 0.6 is 0 Å². The Morgan fingerprint density at radius 3 is 2.50 bits per heavy atom. The molecule has 0 bridgehead atoms. The number of nitrogens with two attached hydrogens (primary N) is 1. The largest absolute Gasteiger partial charge is 0.370 e. The fourth-order valence-corrected chi connectivity index (χ4v) is 1.66. The number of hydrogen-bond donors (Lipinski definition) is 1. The number of rotatable bonds is 4. The summed E-state index contributed by atoms with van der Waals surface area (Å²) in [4.78, 5) is 2.32. The lowest BCUT2D eigenvalue weighted by Crippen LogP contribution is -2.35. The van der Waals surface area contributed by atoms with E-state index >= 15 is 0 Å². The molecule has 1 rings (SSSR count). The topological polar surface area (TPSA) is 29.3 Å². The predicted molar refractivity (Wildman–Crippen MR) is 62.7 cm³/mol. The van der Waals surface area contributed by atoms with Gasteiger partial charge in [-0.25, -0.2) is 0 Å². The minimum absolute atomic E-state index is 0.217. The van der Waals surface area contributed by atoms with E-state index < -0.39 is 0 Å². The highest BCUT2D eigenvalue weighted by atomic mass is 15.1. The zero-order chi connectivity index (χ0) is 10.6. The molecule has 1 aromatic carbocycles. The summed E-state index contributed by atoms with van der Waals surface area (Å²) in [5.41, 5.74) is 8.43. The molecule has 2 heteroatoms. The molecule has 0 radical (unpaired) electrons. The van der Waals surface area contributed by atoms with Crippen molar-refractivity contribution in [2.24, 2.45) is 5.73 Å². The van der Waals surface area contributed by atoms with E-state index in [0.717, 1.165) is 13.1 Å². The molecular formula is C12H20N2. The van der Waals surface area contributed by atoms with Crippen molar-refractivity contribution in [3.63, 3.8) is 0 Å². The van der Waals surface area contributed by atoms with E-state index in [9.17, 15) is 0 Å². The van der Waals surface area contributed by atoms with Crippen LogP contribution in [0.25, 0.3) is 0 Å². The molecule has 1 aromatic rings. The van der Waals surface area contributed by atoms with Crippen LogP contribution < -0.4 is 10.6 Å². The summed E-state index contributed by atoms with van der Waals surface area (Å²) in [6.07, 6.45) is 0. The van der Waals surface area contributed by atoms with Gasteiger partial charge in [0.15, 0.2) is 0 Å². The second kappa shape index (κ2) is 5.01. The van der Waals surface area contributed by atoms with Crippen molar-refractivity contribution in [2.75, 3.05) is 18.0 Å². The van der Waals surface area contributed by atoms with Gasteiger partial charge in [0.05, 0.1) is 0 Å². The Kier molecular flexibility index (Phi) is 3.96. The lowest BCUT2D eigenvalue weighted by atomic mass is 10.1. The van der Waals surface area contributed by atoms with E-state index in [1.54, 1.807) is 0 Å². The molecule has 78 valence electrons. The molecule has 0 saturated carbocycles. The van der Waals surface area contributed by atoms with Crippen LogP contribution in [0.1, 0.15) is 19.4 Å². The first-order valence-electron chi connectivity index (χ1n) is 5.21. The van der Waals surface area contributed by atoms with Crippen LogP contribution in [0.3, 0.4) is 0 Å². The maximum atomic E-state index is 5.81. The number of hydrogen-bond acceptors (Lipinski definition) is 2. The van der Waals surface area contributed by atoms with Crippen molar-refractivity contribution < 1.29 is 0 Å². The van der Waals surface area contributed by atoms with Gasteiger partial charge in [-0.3, -0.25) is 0 Å². The molecular weight excluding hydrogens is 172 g/mol. The van der Waals surface area contributed by atoms with E-state index in [0.29, 0.717) is 0 Å². The van der Waals surface area contributed by atoms with Crippen LogP contribution in [0.15, 0.2) is 24.3 Å². The maximum absolute atomic E-state index is 5.81. The molecule has 0 unspecified atom stereocenters. The highest BCUT2D eigenvalue weighted by Gasteiger charge is 2.07. The van der Waals surface area contributed by atoms with Gasteiger partial charge >= 0.3 is 0 Å². The molecule has 2 N–H and O–H groups in total. The lowest BCUT2D eigenvalue weighted by Gasteiger charge is -2.26. The number of likely N-dealkylation sites (N-methyl/N-ethyl adjacent to an activating group) is 1. The number of aryl methyl sites for hydroxylation is 1. The first-order chi connectivity index (χ1) is 6.65. The zero-order valence-electron chi connectivity index (χ0n) is 9.33. The van der Waals surface area contributed by atoms with Crippen molar-refractivity contribution in [2.45, 2.75) is 26.8 Å². The Morgan fingerprint density at radius 2 is 2.00 bits per heavy atom. The van der Waals surface area contributed by atoms with Gasteiger partial charge in [0.1, 0.15) is 0 Å². The van der Waals surface area contributed by atoms with Crippen LogP contribution in [0, 0.1) is 6.92 Å². The van der Waals surface area contributed by atoms with Gasteiger partial charge in [-0.2, -0.15) is 0 Å². The lowest BCUT2D eigenvalue weighted by molar-refractivity contribution is 0.688. The summed E-state index contributed by atoms with van der Waals surface area (Å²) in [6.45, 7) is 8.27. The molecule has 0 aliphatic heterocycles. The Hall–Kier alpha value is -1.02. The van der Waals surface area contributed by atoms with Crippen LogP contribution in [0.4, 0.5) is 5.69 Å². The SMILES string of the molecule is CCN(C[C@H](C)N)c1ccccc1C. The van der Waals surface area contributed by atoms with Crippen molar-refractivity contribution >= 4 is 5.69 Å². The Morgan fingerprint density at radius 1 is 1.36 bits per heavy atom. The van der Waals surface area contributed by atoms with E-state index in [1.165, 1.54) is 11.3 Å². The van der Waals surface area contributed by atoms with Gasteiger partial charge in [0.25, 0.3) is 0 Å². The summed E-state index contributed by atoms with van der Waals surface area (Å²) in [7, 11) is 0. The summed E-state index contributed by atoms with van der Waals surface area (Å²) < 4.78 is 0. The molecule has 0 fully saturated rings. The smallest absolute Gasteiger partial charge is 0.0396 e. The molecule has 0 spiro atoms. The summed E-state index contributed by atoms with van der Waals surface area (Å²) in [5, 5.41) is 0. The van der Waals surface area contributed by atoms with E-state index in [2.05, 4.69) is 43.0 Å². The van der Waals surface area contributed by atoms with Gasteiger partial charge < -0.3 is 10.6 Å². The van der Waals surface area contributed by atoms with Gasteiger partial charge in [-0.1, -0.05) is 18.2 Å². The highest BCUT2D eigenvalue weighted by Crippen LogP contribution is 2.18. The van der Waals surface area contributed by atoms with Gasteiger partial charge in [0.2, 0.25) is 0 Å². The molecule has 0 saturated heterocycles. The fraction of sp³-hybridized carbons (Fsp3) is 0.500. The molecule has 14 heavy (non-hydrogen) atoms. The van der Waals surface area contributed by atoms with E-state index in [1.807, 2.05) is 6.92 Å². The average Bonchev–Trinajstić information content (AvgIpc) is 2.15. The van der Waals surface area contributed by atoms with Crippen molar-refractivity contribution in [3.8, 4) is 0 Å². The molecule has 0 aromatic heterocycles. The third kappa shape index (κ3) is 2.74. The molecule has 0 aliphatic rings. The van der Waals surface area contributed by atoms with Crippen molar-refractivity contribution in [1.29, 1.82) is 0 Å². The quantitative estimate of drug-likeness (QED) is 0.792. The third-order valence-corrected chi connectivity index (χ3v) is 2.35. The Labute approximate surface area is 86.7 Å². The van der Waals surface area contributed by atoms with Crippen LogP contribution in [-0.2, 0) is 0 Å². The monoisotopic (exact) mass is 192 g/mol. The summed E-state index contributed by atoms with van der Waals surface area (Å²) >= 11 is 0. The summed E-state index contributed by atoms with van der Waals surface area (Å²) in [5.74, 6) is 0. The summed E-state index contributed by atoms with van der Waals surface area (Å²) in [6, 6.07) is 8.65. The molecule has 0 aliphatic carbocycles. The Balaban J connectivity index is 2.83. The maximum Gasteiger partial charge on any atom is 0.0396 e. The van der Waals surface area contributed by atoms with Crippen molar-refractivity contribution in [1.82, 2.24) is 0 Å². The first-order valence-corrected chi connectivity index (χ1v) is 5.21. The van der Waals surface area contributed by atoms with Crippen LogP contribution in [-0.4, -0.2) is 19.1 Å². The predicted octanol–water partition coefficient (Wildman–Crippen LogP) is 2.17. The van der Waals surface area contributed by atoms with E-state index in [4.69, 9.17) is 5.73 Å². The molecule has 1 atom stereocenters. The number of nitrogens with zero attached hydrogens (tertiary/aromatic N) is 1. The Bertz CT molecular complexity index is 281. The minimum Gasteiger partial charge on any atom is -0.370 e. The zero-order valence-corrected chi connectivity index (χ0v) is 9.33. The minimum atomic E-state index is 0.217. The standard InChI is InChI=1S/C12H20N2/c1-4-14(9-11(3)13)12-8-6-5-7-10(12)2/h5-8,11H,4,9,13H2,1-3H3/t11-/m0/s1. The molecule has 0 heterocycles. The van der Waals surface area contributed by atoms with Crippen molar-refractivity contribution in [3.05, 3.63) is 29.8 Å². The first kappa shape index (κ1) is 11.1. The fourth-order valence-electron chi connectivity index (χ4n) is 1.66. The second-order valence-electron chi connectivity index (χ2n) is 3.80. The highest BCUT2D eigenvalue weighted by molar-refractivity contribution is 5.52. The second-order valence-corrected chi connectivity index (χ2v) is 3.80. The average molecular weight is 192 g/mol. The number of anilines is 1. The number of para-hydroxylation sites is 1. The van der Waals surface area contributed by atoms with Gasteiger partial charge in [0, 0.05) is 24.8 Å². The van der Waals surface area contributed by atoms with Gasteiger partial charge in [-0.15, -0.1) is 0 Å².